The second kappa shape index (κ2) is 7.04. The zero-order valence-electron chi connectivity index (χ0n) is 12.8. The van der Waals surface area contributed by atoms with Crippen molar-refractivity contribution in [1.82, 2.24) is 14.8 Å². The Morgan fingerprint density at radius 3 is 3.00 bits per heavy atom. The summed E-state index contributed by atoms with van der Waals surface area (Å²) in [6.45, 7) is 6.68. The zero-order valence-corrected chi connectivity index (χ0v) is 12.8. The first-order chi connectivity index (χ1) is 10.6. The van der Waals surface area contributed by atoms with Gasteiger partial charge in [-0.2, -0.15) is 5.10 Å². The maximum atomic E-state index is 12.1. The van der Waals surface area contributed by atoms with E-state index in [4.69, 9.17) is 15.2 Å². The summed E-state index contributed by atoms with van der Waals surface area (Å²) < 4.78 is 11.8. The molecule has 118 valence electrons. The number of fused-ring (bicyclic) bond motifs is 1. The van der Waals surface area contributed by atoms with Crippen LogP contribution in [0.2, 0.25) is 0 Å². The van der Waals surface area contributed by atoms with E-state index in [2.05, 4.69) is 16.7 Å². The fourth-order valence-electron chi connectivity index (χ4n) is 2.22. The minimum atomic E-state index is -0.503. The molecule has 2 aromatic rings. The maximum Gasteiger partial charge on any atom is 0.342 e. The van der Waals surface area contributed by atoms with Crippen molar-refractivity contribution in [3.63, 3.8) is 0 Å². The van der Waals surface area contributed by atoms with Gasteiger partial charge in [-0.15, -0.1) is 0 Å². The number of methoxy groups -OCH3 is 1. The SMILES string of the molecule is C=CCOC(=O)c1c(C)nc2c(cnn2CCCOC)c1N. The van der Waals surface area contributed by atoms with Crippen molar-refractivity contribution in [1.29, 1.82) is 0 Å². The third-order valence-corrected chi connectivity index (χ3v) is 3.26. The first-order valence-corrected chi connectivity index (χ1v) is 6.98. The van der Waals surface area contributed by atoms with Gasteiger partial charge in [0.05, 0.1) is 23.0 Å². The van der Waals surface area contributed by atoms with Crippen molar-refractivity contribution in [3.05, 3.63) is 30.1 Å². The van der Waals surface area contributed by atoms with Gasteiger partial charge < -0.3 is 15.2 Å². The number of hydrogen-bond acceptors (Lipinski definition) is 6. The molecule has 7 nitrogen and oxygen atoms in total. The molecular formula is C15H20N4O3. The van der Waals surface area contributed by atoms with E-state index < -0.39 is 5.97 Å². The summed E-state index contributed by atoms with van der Waals surface area (Å²) in [7, 11) is 1.66. The molecular weight excluding hydrogens is 284 g/mol. The van der Waals surface area contributed by atoms with Crippen molar-refractivity contribution in [2.75, 3.05) is 26.1 Å². The van der Waals surface area contributed by atoms with Gasteiger partial charge in [-0.25, -0.2) is 14.5 Å². The smallest absolute Gasteiger partial charge is 0.342 e. The summed E-state index contributed by atoms with van der Waals surface area (Å²) >= 11 is 0. The van der Waals surface area contributed by atoms with Crippen molar-refractivity contribution >= 4 is 22.7 Å². The number of hydrogen-bond donors (Lipinski definition) is 1. The van der Waals surface area contributed by atoms with Crippen molar-refractivity contribution in [2.45, 2.75) is 19.9 Å². The molecule has 2 N–H and O–H groups in total. The fraction of sp³-hybridized carbons (Fsp3) is 0.400. The predicted octanol–water partition coefficient (Wildman–Crippen LogP) is 1.70. The van der Waals surface area contributed by atoms with Crippen LogP contribution < -0.4 is 5.73 Å². The molecule has 0 aliphatic rings. The molecule has 2 heterocycles. The minimum absolute atomic E-state index is 0.131. The van der Waals surface area contributed by atoms with Crippen molar-refractivity contribution in [3.8, 4) is 0 Å². The summed E-state index contributed by atoms with van der Waals surface area (Å²) in [5, 5.41) is 4.93. The largest absolute Gasteiger partial charge is 0.458 e. The van der Waals surface area contributed by atoms with Gasteiger partial charge in [0, 0.05) is 20.3 Å². The van der Waals surface area contributed by atoms with Crippen LogP contribution in [0.1, 0.15) is 22.5 Å². The average Bonchev–Trinajstić information content (AvgIpc) is 2.88. The lowest BCUT2D eigenvalue weighted by Gasteiger charge is -2.10. The number of nitrogens with two attached hydrogens (primary N) is 1. The Morgan fingerprint density at radius 1 is 1.55 bits per heavy atom. The van der Waals surface area contributed by atoms with Gasteiger partial charge in [-0.3, -0.25) is 0 Å². The number of ether oxygens (including phenoxy) is 2. The topological polar surface area (TPSA) is 92.3 Å². The molecule has 0 spiro atoms. The van der Waals surface area contributed by atoms with E-state index in [1.165, 1.54) is 6.08 Å². The van der Waals surface area contributed by atoms with E-state index >= 15 is 0 Å². The summed E-state index contributed by atoms with van der Waals surface area (Å²) in [5.74, 6) is -0.503. The van der Waals surface area contributed by atoms with Crippen molar-refractivity contribution < 1.29 is 14.3 Å². The molecule has 22 heavy (non-hydrogen) atoms. The van der Waals surface area contributed by atoms with Crippen LogP contribution >= 0.6 is 0 Å². The molecule has 0 unspecified atom stereocenters. The number of esters is 1. The normalized spacial score (nSPS) is 10.8. The summed E-state index contributed by atoms with van der Waals surface area (Å²) in [6.07, 6.45) is 3.94. The zero-order chi connectivity index (χ0) is 16.1. The van der Waals surface area contributed by atoms with Gasteiger partial charge in [0.1, 0.15) is 12.2 Å². The van der Waals surface area contributed by atoms with E-state index in [0.717, 1.165) is 6.42 Å². The third-order valence-electron chi connectivity index (χ3n) is 3.26. The predicted molar refractivity (Wildman–Crippen MR) is 83.6 cm³/mol. The van der Waals surface area contributed by atoms with Crippen LogP contribution in [-0.4, -0.2) is 41.1 Å². The van der Waals surface area contributed by atoms with Gasteiger partial charge in [0.15, 0.2) is 5.65 Å². The first-order valence-electron chi connectivity index (χ1n) is 6.98. The number of rotatable bonds is 7. The molecule has 2 aromatic heterocycles. The van der Waals surface area contributed by atoms with Gasteiger partial charge >= 0.3 is 5.97 Å². The number of nitrogens with zero attached hydrogens (tertiary/aromatic N) is 3. The van der Waals surface area contributed by atoms with E-state index in [-0.39, 0.29) is 12.2 Å². The Bertz CT molecular complexity index is 694. The van der Waals surface area contributed by atoms with Crippen LogP contribution in [0, 0.1) is 6.92 Å². The fourth-order valence-corrected chi connectivity index (χ4v) is 2.22. The van der Waals surface area contributed by atoms with Crippen LogP contribution in [0.5, 0.6) is 0 Å². The molecule has 0 saturated carbocycles. The Balaban J connectivity index is 2.38. The molecule has 0 aromatic carbocycles. The van der Waals surface area contributed by atoms with Crippen LogP contribution in [-0.2, 0) is 16.0 Å². The molecule has 0 amide bonds. The molecule has 0 atom stereocenters. The Hall–Kier alpha value is -2.41. The Kier molecular flexibility index (Phi) is 5.11. The van der Waals surface area contributed by atoms with Crippen LogP contribution in [0.4, 0.5) is 5.69 Å². The summed E-state index contributed by atoms with van der Waals surface area (Å²) in [5.41, 5.74) is 7.92. The number of carbonyl (C=O) groups excluding carboxylic acids is 1. The first kappa shape index (κ1) is 16.0. The molecule has 0 saturated heterocycles. The van der Waals surface area contributed by atoms with Crippen molar-refractivity contribution in [2.24, 2.45) is 0 Å². The van der Waals surface area contributed by atoms with Gasteiger partial charge in [-0.05, 0) is 13.3 Å². The quantitative estimate of drug-likeness (QED) is 0.475. The lowest BCUT2D eigenvalue weighted by molar-refractivity contribution is 0.0550. The highest BCUT2D eigenvalue weighted by atomic mass is 16.5. The lowest BCUT2D eigenvalue weighted by Crippen LogP contribution is -2.13. The lowest BCUT2D eigenvalue weighted by atomic mass is 10.1. The maximum absolute atomic E-state index is 12.1. The average molecular weight is 304 g/mol. The Labute approximate surface area is 128 Å². The standard InChI is InChI=1S/C15H20N4O3/c1-4-7-22-15(20)12-10(2)18-14-11(13(12)16)9-17-19(14)6-5-8-21-3/h4,9H,1,5-8H2,2-3H3,(H2,16,18). The molecule has 0 fully saturated rings. The summed E-state index contributed by atoms with van der Waals surface area (Å²) in [6, 6.07) is 0. The van der Waals surface area contributed by atoms with E-state index in [0.29, 0.717) is 35.6 Å². The van der Waals surface area contributed by atoms with E-state index in [1.807, 2.05) is 0 Å². The van der Waals surface area contributed by atoms with Crippen LogP contribution in [0.15, 0.2) is 18.9 Å². The third kappa shape index (κ3) is 3.09. The number of pyridine rings is 1. The summed E-state index contributed by atoms with van der Waals surface area (Å²) in [4.78, 5) is 16.5. The molecule has 0 bridgehead atoms. The van der Waals surface area contributed by atoms with Crippen LogP contribution in [0.3, 0.4) is 0 Å². The number of anilines is 1. The number of aryl methyl sites for hydroxylation is 2. The molecule has 0 aliphatic carbocycles. The van der Waals surface area contributed by atoms with Gasteiger partial charge in [0.2, 0.25) is 0 Å². The molecule has 0 aliphatic heterocycles. The number of nitrogen functional groups attached to an aromatic ring is 1. The monoisotopic (exact) mass is 304 g/mol. The second-order valence-corrected chi connectivity index (χ2v) is 4.82. The van der Waals surface area contributed by atoms with E-state index in [1.54, 1.807) is 24.9 Å². The highest BCUT2D eigenvalue weighted by Gasteiger charge is 2.20. The number of carbonyl (C=O) groups is 1. The van der Waals surface area contributed by atoms with E-state index in [9.17, 15) is 4.79 Å². The highest BCUT2D eigenvalue weighted by molar-refractivity contribution is 6.04. The molecule has 2 rings (SSSR count). The molecule has 0 radical (unpaired) electrons. The highest BCUT2D eigenvalue weighted by Crippen LogP contribution is 2.26. The molecule has 7 heteroatoms. The Morgan fingerprint density at radius 2 is 2.32 bits per heavy atom. The minimum Gasteiger partial charge on any atom is -0.458 e. The van der Waals surface area contributed by atoms with Gasteiger partial charge in [0.25, 0.3) is 0 Å². The van der Waals surface area contributed by atoms with Gasteiger partial charge in [-0.1, -0.05) is 12.7 Å². The second-order valence-electron chi connectivity index (χ2n) is 4.82. The number of aromatic nitrogens is 3. The van der Waals surface area contributed by atoms with Crippen LogP contribution in [0.25, 0.3) is 11.0 Å².